The van der Waals surface area contributed by atoms with Crippen molar-refractivity contribution in [1.29, 1.82) is 0 Å². The van der Waals surface area contributed by atoms with Gasteiger partial charge < -0.3 is 9.84 Å². The van der Waals surface area contributed by atoms with Gasteiger partial charge >= 0.3 is 0 Å². The Morgan fingerprint density at radius 2 is 1.84 bits per heavy atom. The van der Waals surface area contributed by atoms with Crippen molar-refractivity contribution in [1.82, 2.24) is 0 Å². The first-order valence-corrected chi connectivity index (χ1v) is 6.20. The average molecular weight is 260 g/mol. The van der Waals surface area contributed by atoms with Crippen molar-refractivity contribution in [2.24, 2.45) is 0 Å². The highest BCUT2D eigenvalue weighted by Gasteiger charge is 2.10. The van der Waals surface area contributed by atoms with E-state index in [4.69, 9.17) is 4.74 Å². The van der Waals surface area contributed by atoms with Crippen LogP contribution < -0.4 is 4.74 Å². The van der Waals surface area contributed by atoms with E-state index in [0.29, 0.717) is 0 Å². The molecule has 0 saturated carbocycles. The van der Waals surface area contributed by atoms with Crippen molar-refractivity contribution in [2.75, 3.05) is 6.61 Å². The van der Waals surface area contributed by atoms with Crippen molar-refractivity contribution >= 4 is 0 Å². The van der Waals surface area contributed by atoms with Crippen molar-refractivity contribution in [3.05, 3.63) is 65.0 Å². The highest BCUT2D eigenvalue weighted by molar-refractivity contribution is 5.31. The molecule has 0 aromatic heterocycles. The Balaban J connectivity index is 2.03. The molecule has 0 aliphatic rings. The minimum absolute atomic E-state index is 0.0312. The van der Waals surface area contributed by atoms with Gasteiger partial charge in [-0.1, -0.05) is 30.3 Å². The number of aliphatic hydroxyl groups excluding tert-OH is 1. The smallest absolute Gasteiger partial charge is 0.165 e. The first-order chi connectivity index (χ1) is 9.08. The lowest BCUT2D eigenvalue weighted by Gasteiger charge is -2.14. The molecule has 0 aliphatic heterocycles. The lowest BCUT2D eigenvalue weighted by Crippen LogP contribution is -2.10. The van der Waals surface area contributed by atoms with E-state index in [0.717, 1.165) is 11.1 Å². The number of para-hydroxylation sites is 1. The second-order valence-corrected chi connectivity index (χ2v) is 4.60. The van der Waals surface area contributed by atoms with Crippen LogP contribution in [0.1, 0.15) is 22.8 Å². The zero-order valence-corrected chi connectivity index (χ0v) is 11.1. The zero-order valence-electron chi connectivity index (χ0n) is 11.1. The Hall–Kier alpha value is -1.87. The third-order valence-electron chi connectivity index (χ3n) is 3.15. The quantitative estimate of drug-likeness (QED) is 0.910. The summed E-state index contributed by atoms with van der Waals surface area (Å²) in [7, 11) is 0. The van der Waals surface area contributed by atoms with E-state index < -0.39 is 11.9 Å². The topological polar surface area (TPSA) is 29.5 Å². The summed E-state index contributed by atoms with van der Waals surface area (Å²) in [6.45, 7) is 4.04. The molecule has 2 rings (SSSR count). The molecule has 19 heavy (non-hydrogen) atoms. The molecule has 2 aromatic rings. The second kappa shape index (κ2) is 5.85. The lowest BCUT2D eigenvalue weighted by atomic mass is 10.0. The maximum absolute atomic E-state index is 13.4. The first-order valence-electron chi connectivity index (χ1n) is 6.20. The van der Waals surface area contributed by atoms with Gasteiger partial charge in [-0.05, 0) is 42.7 Å². The van der Waals surface area contributed by atoms with Gasteiger partial charge in [-0.15, -0.1) is 0 Å². The van der Waals surface area contributed by atoms with Crippen LogP contribution in [0.15, 0.2) is 42.5 Å². The maximum atomic E-state index is 13.4. The molecule has 1 unspecified atom stereocenters. The van der Waals surface area contributed by atoms with Crippen LogP contribution >= 0.6 is 0 Å². The van der Waals surface area contributed by atoms with Gasteiger partial charge in [-0.3, -0.25) is 0 Å². The van der Waals surface area contributed by atoms with Crippen LogP contribution in [0.25, 0.3) is 0 Å². The van der Waals surface area contributed by atoms with Crippen LogP contribution in [0.3, 0.4) is 0 Å². The molecule has 0 amide bonds. The van der Waals surface area contributed by atoms with Crippen LogP contribution in [0.5, 0.6) is 5.75 Å². The number of rotatable bonds is 4. The minimum atomic E-state index is -0.765. The molecule has 2 nitrogen and oxygen atoms in total. The summed E-state index contributed by atoms with van der Waals surface area (Å²) in [5.41, 5.74) is 3.06. The number of aryl methyl sites for hydroxylation is 2. The number of aliphatic hydroxyl groups is 1. The van der Waals surface area contributed by atoms with Gasteiger partial charge in [0.2, 0.25) is 0 Å². The predicted octanol–water partition coefficient (Wildman–Crippen LogP) is 3.55. The monoisotopic (exact) mass is 260 g/mol. The largest absolute Gasteiger partial charge is 0.487 e. The fourth-order valence-electron chi connectivity index (χ4n) is 1.80. The summed E-state index contributed by atoms with van der Waals surface area (Å²) < 4.78 is 18.7. The Kier molecular flexibility index (Phi) is 4.17. The average Bonchev–Trinajstić information content (AvgIpc) is 2.40. The van der Waals surface area contributed by atoms with Crippen LogP contribution in [0.4, 0.5) is 4.39 Å². The van der Waals surface area contributed by atoms with Crippen molar-refractivity contribution in [3.8, 4) is 5.75 Å². The van der Waals surface area contributed by atoms with Gasteiger partial charge in [0.05, 0.1) is 0 Å². The fourth-order valence-corrected chi connectivity index (χ4v) is 1.80. The lowest BCUT2D eigenvalue weighted by molar-refractivity contribution is 0.106. The molecule has 2 aromatic carbocycles. The highest BCUT2D eigenvalue weighted by atomic mass is 19.1. The number of hydrogen-bond acceptors (Lipinski definition) is 2. The van der Waals surface area contributed by atoms with Crippen LogP contribution in [0.2, 0.25) is 0 Å². The van der Waals surface area contributed by atoms with Crippen molar-refractivity contribution in [3.63, 3.8) is 0 Å². The standard InChI is InChI=1S/C16H17FO2/c1-11-7-8-13(9-12(11)2)15(18)10-19-16-6-4-3-5-14(16)17/h3-9,15,18H,10H2,1-2H3. The molecule has 3 heteroatoms. The Bertz CT molecular complexity index is 566. The Morgan fingerprint density at radius 3 is 2.53 bits per heavy atom. The van der Waals surface area contributed by atoms with Gasteiger partial charge in [0.15, 0.2) is 11.6 Å². The van der Waals surface area contributed by atoms with Crippen molar-refractivity contribution in [2.45, 2.75) is 20.0 Å². The van der Waals surface area contributed by atoms with Gasteiger partial charge in [-0.2, -0.15) is 0 Å². The maximum Gasteiger partial charge on any atom is 0.165 e. The van der Waals surface area contributed by atoms with Crippen molar-refractivity contribution < 1.29 is 14.2 Å². The minimum Gasteiger partial charge on any atom is -0.487 e. The highest BCUT2D eigenvalue weighted by Crippen LogP contribution is 2.20. The third-order valence-corrected chi connectivity index (χ3v) is 3.15. The van der Waals surface area contributed by atoms with Gasteiger partial charge in [0.1, 0.15) is 12.7 Å². The van der Waals surface area contributed by atoms with Crippen LogP contribution in [-0.4, -0.2) is 11.7 Å². The van der Waals surface area contributed by atoms with E-state index in [9.17, 15) is 9.50 Å². The molecular formula is C16H17FO2. The molecule has 1 atom stereocenters. The third kappa shape index (κ3) is 3.32. The Labute approximate surface area is 112 Å². The predicted molar refractivity (Wildman–Crippen MR) is 72.8 cm³/mol. The number of benzene rings is 2. The molecule has 0 fully saturated rings. The summed E-state index contributed by atoms with van der Waals surface area (Å²) in [6, 6.07) is 11.9. The van der Waals surface area contributed by atoms with Gasteiger partial charge in [0.25, 0.3) is 0 Å². The molecule has 0 spiro atoms. The molecule has 100 valence electrons. The summed E-state index contributed by atoms with van der Waals surface area (Å²) >= 11 is 0. The van der Waals surface area contributed by atoms with E-state index in [2.05, 4.69) is 0 Å². The summed E-state index contributed by atoms with van der Waals surface area (Å²) in [5, 5.41) is 10.0. The SMILES string of the molecule is Cc1ccc(C(O)COc2ccccc2F)cc1C. The number of halogens is 1. The number of ether oxygens (including phenoxy) is 1. The molecule has 0 saturated heterocycles. The summed E-state index contributed by atoms with van der Waals surface area (Å²) in [6.07, 6.45) is -0.765. The summed E-state index contributed by atoms with van der Waals surface area (Å²) in [5.74, 6) is -0.264. The van der Waals surface area contributed by atoms with Crippen LogP contribution in [0, 0.1) is 19.7 Å². The molecule has 0 aliphatic carbocycles. The van der Waals surface area contributed by atoms with Gasteiger partial charge in [0, 0.05) is 0 Å². The summed E-state index contributed by atoms with van der Waals surface area (Å²) in [4.78, 5) is 0. The zero-order chi connectivity index (χ0) is 13.8. The van der Waals surface area contributed by atoms with E-state index in [1.165, 1.54) is 11.6 Å². The van der Waals surface area contributed by atoms with E-state index in [-0.39, 0.29) is 12.4 Å². The number of hydrogen-bond donors (Lipinski definition) is 1. The van der Waals surface area contributed by atoms with E-state index in [1.807, 2.05) is 32.0 Å². The molecule has 0 heterocycles. The molecular weight excluding hydrogens is 243 g/mol. The fraction of sp³-hybridized carbons (Fsp3) is 0.250. The first kappa shape index (κ1) is 13.6. The van der Waals surface area contributed by atoms with E-state index in [1.54, 1.807) is 18.2 Å². The van der Waals surface area contributed by atoms with Gasteiger partial charge in [-0.25, -0.2) is 4.39 Å². The molecule has 0 bridgehead atoms. The molecule has 0 radical (unpaired) electrons. The van der Waals surface area contributed by atoms with Crippen LogP contribution in [-0.2, 0) is 0 Å². The Morgan fingerprint density at radius 1 is 1.11 bits per heavy atom. The van der Waals surface area contributed by atoms with E-state index >= 15 is 0 Å². The molecule has 1 N–H and O–H groups in total. The second-order valence-electron chi connectivity index (χ2n) is 4.60. The normalized spacial score (nSPS) is 12.2.